The maximum Gasteiger partial charge on any atom is 0.216 e. The Hall–Kier alpha value is -0.880. The lowest BCUT2D eigenvalue weighted by atomic mass is 10.1. The molecule has 0 atom stereocenters. The average molecular weight is 362 g/mol. The van der Waals surface area contributed by atoms with Crippen molar-refractivity contribution in [1.82, 2.24) is 9.78 Å². The first kappa shape index (κ1) is 12.6. The summed E-state index contributed by atoms with van der Waals surface area (Å²) in [5.41, 5.74) is 1.05. The molecule has 0 aromatic carbocycles. The van der Waals surface area contributed by atoms with Gasteiger partial charge in [0, 0.05) is 6.54 Å². The normalized spacial score (nSPS) is 10.8. The summed E-state index contributed by atoms with van der Waals surface area (Å²) in [7, 11) is 0. The number of ketones is 1. The second kappa shape index (κ2) is 5.18. The van der Waals surface area contributed by atoms with E-state index in [1.165, 1.54) is 6.26 Å². The average Bonchev–Trinajstić information content (AvgIpc) is 2.86. The third-order valence-electron chi connectivity index (χ3n) is 2.31. The molecule has 0 aliphatic carbocycles. The van der Waals surface area contributed by atoms with Gasteiger partial charge < -0.3 is 4.42 Å². The standard InChI is InChI=1S/C11H10Br2N2O2/c1-2-4-15-9(8(12)6-14-15)10(16)7-3-5-17-11(7)13/h3,5-6H,2,4H2,1H3. The number of furan rings is 1. The molecule has 0 saturated heterocycles. The molecule has 0 fully saturated rings. The number of carbonyl (C=O) groups excluding carboxylic acids is 1. The quantitative estimate of drug-likeness (QED) is 0.781. The van der Waals surface area contributed by atoms with Crippen molar-refractivity contribution in [2.75, 3.05) is 0 Å². The minimum absolute atomic E-state index is 0.108. The van der Waals surface area contributed by atoms with E-state index in [2.05, 4.69) is 37.0 Å². The lowest BCUT2D eigenvalue weighted by molar-refractivity contribution is 0.102. The van der Waals surface area contributed by atoms with Crippen molar-refractivity contribution in [3.05, 3.63) is 38.9 Å². The summed E-state index contributed by atoms with van der Waals surface area (Å²) >= 11 is 6.56. The van der Waals surface area contributed by atoms with E-state index in [1.807, 2.05) is 6.92 Å². The monoisotopic (exact) mass is 360 g/mol. The van der Waals surface area contributed by atoms with Crippen molar-refractivity contribution >= 4 is 37.6 Å². The first-order valence-corrected chi connectivity index (χ1v) is 6.72. The molecule has 0 N–H and O–H groups in total. The molecule has 2 rings (SSSR count). The minimum atomic E-state index is -0.108. The molecular weight excluding hydrogens is 352 g/mol. The lowest BCUT2D eigenvalue weighted by Crippen LogP contribution is -2.11. The molecule has 17 heavy (non-hydrogen) atoms. The van der Waals surface area contributed by atoms with Gasteiger partial charge in [0.05, 0.1) is 22.5 Å². The molecule has 0 aliphatic heterocycles. The molecule has 0 amide bonds. The summed E-state index contributed by atoms with van der Waals surface area (Å²) in [6.45, 7) is 2.75. The summed E-state index contributed by atoms with van der Waals surface area (Å²) in [5.74, 6) is -0.108. The van der Waals surface area contributed by atoms with Crippen LogP contribution < -0.4 is 0 Å². The van der Waals surface area contributed by atoms with E-state index in [0.717, 1.165) is 6.42 Å². The summed E-state index contributed by atoms with van der Waals surface area (Å²) in [6.07, 6.45) is 4.03. The summed E-state index contributed by atoms with van der Waals surface area (Å²) in [5, 5.41) is 4.17. The Morgan fingerprint density at radius 2 is 2.29 bits per heavy atom. The fraction of sp³-hybridized carbons (Fsp3) is 0.273. The van der Waals surface area contributed by atoms with Crippen LogP contribution in [0.15, 0.2) is 32.1 Å². The molecule has 0 radical (unpaired) electrons. The van der Waals surface area contributed by atoms with Crippen LogP contribution in [-0.2, 0) is 6.54 Å². The van der Waals surface area contributed by atoms with Gasteiger partial charge in [0.2, 0.25) is 5.78 Å². The lowest BCUT2D eigenvalue weighted by Gasteiger charge is -2.04. The van der Waals surface area contributed by atoms with Gasteiger partial charge in [-0.05, 0) is 44.3 Å². The van der Waals surface area contributed by atoms with Gasteiger partial charge in [-0.1, -0.05) is 6.92 Å². The summed E-state index contributed by atoms with van der Waals surface area (Å²) in [6, 6.07) is 1.64. The Morgan fingerprint density at radius 3 is 2.88 bits per heavy atom. The third kappa shape index (κ3) is 2.37. The highest BCUT2D eigenvalue weighted by Gasteiger charge is 2.21. The van der Waals surface area contributed by atoms with Crippen molar-refractivity contribution in [1.29, 1.82) is 0 Å². The second-order valence-electron chi connectivity index (χ2n) is 3.50. The van der Waals surface area contributed by atoms with Crippen LogP contribution in [0, 0.1) is 0 Å². The predicted octanol–water partition coefficient (Wildman–Crippen LogP) is 3.64. The highest BCUT2D eigenvalue weighted by Crippen LogP contribution is 2.25. The van der Waals surface area contributed by atoms with E-state index in [9.17, 15) is 4.79 Å². The van der Waals surface area contributed by atoms with Crippen molar-refractivity contribution < 1.29 is 9.21 Å². The summed E-state index contributed by atoms with van der Waals surface area (Å²) < 4.78 is 7.92. The summed E-state index contributed by atoms with van der Waals surface area (Å²) in [4.78, 5) is 12.3. The van der Waals surface area contributed by atoms with Crippen molar-refractivity contribution in [2.45, 2.75) is 19.9 Å². The van der Waals surface area contributed by atoms with E-state index in [4.69, 9.17) is 4.42 Å². The van der Waals surface area contributed by atoms with Crippen LogP contribution in [0.2, 0.25) is 0 Å². The van der Waals surface area contributed by atoms with Gasteiger partial charge >= 0.3 is 0 Å². The maximum atomic E-state index is 12.3. The van der Waals surface area contributed by atoms with Crippen LogP contribution in [0.3, 0.4) is 0 Å². The zero-order chi connectivity index (χ0) is 12.4. The van der Waals surface area contributed by atoms with E-state index in [0.29, 0.717) is 26.9 Å². The van der Waals surface area contributed by atoms with Gasteiger partial charge in [0.15, 0.2) is 4.67 Å². The van der Waals surface area contributed by atoms with Crippen LogP contribution in [0.4, 0.5) is 0 Å². The Balaban J connectivity index is 2.43. The molecule has 0 saturated carbocycles. The Kier molecular flexibility index (Phi) is 3.83. The number of halogens is 2. The third-order valence-corrected chi connectivity index (χ3v) is 3.50. The van der Waals surface area contributed by atoms with Gasteiger partial charge in [-0.2, -0.15) is 5.10 Å². The van der Waals surface area contributed by atoms with E-state index in [-0.39, 0.29) is 5.78 Å². The fourth-order valence-electron chi connectivity index (χ4n) is 1.55. The number of aromatic nitrogens is 2. The van der Waals surface area contributed by atoms with Crippen LogP contribution in [0.5, 0.6) is 0 Å². The largest absolute Gasteiger partial charge is 0.457 e. The number of hydrogen-bond donors (Lipinski definition) is 0. The molecule has 6 heteroatoms. The molecule has 2 aromatic heterocycles. The minimum Gasteiger partial charge on any atom is -0.457 e. The molecule has 0 unspecified atom stereocenters. The number of aryl methyl sites for hydroxylation is 1. The fourth-order valence-corrected chi connectivity index (χ4v) is 2.45. The van der Waals surface area contributed by atoms with Crippen LogP contribution in [-0.4, -0.2) is 15.6 Å². The molecule has 4 nitrogen and oxygen atoms in total. The van der Waals surface area contributed by atoms with Crippen molar-refractivity contribution in [3.8, 4) is 0 Å². The molecule has 2 heterocycles. The SMILES string of the molecule is CCCn1ncc(Br)c1C(=O)c1ccoc1Br. The highest BCUT2D eigenvalue weighted by molar-refractivity contribution is 9.10. The topological polar surface area (TPSA) is 48.0 Å². The molecule has 0 spiro atoms. The smallest absolute Gasteiger partial charge is 0.216 e. The number of nitrogens with zero attached hydrogens (tertiary/aromatic N) is 2. The number of rotatable bonds is 4. The van der Waals surface area contributed by atoms with E-state index >= 15 is 0 Å². The molecule has 90 valence electrons. The van der Waals surface area contributed by atoms with Crippen LogP contribution >= 0.6 is 31.9 Å². The van der Waals surface area contributed by atoms with Gasteiger partial charge in [-0.25, -0.2) is 0 Å². The van der Waals surface area contributed by atoms with Crippen LogP contribution in [0.1, 0.15) is 29.4 Å². The van der Waals surface area contributed by atoms with Gasteiger partial charge in [-0.15, -0.1) is 0 Å². The van der Waals surface area contributed by atoms with Crippen molar-refractivity contribution in [3.63, 3.8) is 0 Å². The Morgan fingerprint density at radius 1 is 1.53 bits per heavy atom. The zero-order valence-electron chi connectivity index (χ0n) is 9.11. The molecule has 2 aromatic rings. The van der Waals surface area contributed by atoms with Gasteiger partial charge in [0.1, 0.15) is 5.69 Å². The highest BCUT2D eigenvalue weighted by atomic mass is 79.9. The molecule has 0 bridgehead atoms. The van der Waals surface area contributed by atoms with Gasteiger partial charge in [-0.3, -0.25) is 9.48 Å². The number of carbonyl (C=O) groups is 1. The Labute approximate surface area is 115 Å². The molecule has 0 aliphatic rings. The van der Waals surface area contributed by atoms with E-state index < -0.39 is 0 Å². The predicted molar refractivity (Wildman–Crippen MR) is 70.1 cm³/mol. The first-order chi connectivity index (χ1) is 8.15. The zero-order valence-corrected chi connectivity index (χ0v) is 12.3. The maximum absolute atomic E-state index is 12.3. The van der Waals surface area contributed by atoms with Gasteiger partial charge in [0.25, 0.3) is 0 Å². The molecular formula is C11H10Br2N2O2. The van der Waals surface area contributed by atoms with E-state index in [1.54, 1.807) is 16.9 Å². The van der Waals surface area contributed by atoms with Crippen molar-refractivity contribution in [2.24, 2.45) is 0 Å². The number of hydrogen-bond acceptors (Lipinski definition) is 3. The Bertz CT molecular complexity index is 545. The first-order valence-electron chi connectivity index (χ1n) is 5.14. The second-order valence-corrected chi connectivity index (χ2v) is 5.08. The van der Waals surface area contributed by atoms with Crippen LogP contribution in [0.25, 0.3) is 0 Å².